The molecule has 3 rings (SSSR count). The normalized spacial score (nSPS) is 14.2. The van der Waals surface area contributed by atoms with Gasteiger partial charge in [0.1, 0.15) is 0 Å². The summed E-state index contributed by atoms with van der Waals surface area (Å²) in [6.07, 6.45) is 0. The highest BCUT2D eigenvalue weighted by Gasteiger charge is 2.18. The molecule has 0 fully saturated rings. The number of benzene rings is 2. The summed E-state index contributed by atoms with van der Waals surface area (Å²) < 4.78 is 22.8. The van der Waals surface area contributed by atoms with Crippen LogP contribution in [0.1, 0.15) is 11.1 Å². The van der Waals surface area contributed by atoms with Gasteiger partial charge in [-0.3, -0.25) is 4.21 Å². The third-order valence-electron chi connectivity index (χ3n) is 2.99. The number of fused-ring (bicyclic) bond motifs is 1. The minimum absolute atomic E-state index is 0.186. The molecule has 104 valence electrons. The number of hydrogen-bond donors (Lipinski definition) is 0. The molecule has 0 aliphatic carbocycles. The van der Waals surface area contributed by atoms with Crippen LogP contribution < -0.4 is 9.47 Å². The Kier molecular flexibility index (Phi) is 3.94. The highest BCUT2D eigenvalue weighted by atomic mass is 35.5. The molecule has 0 saturated heterocycles. The number of ether oxygens (including phenoxy) is 2. The average Bonchev–Trinajstić information content (AvgIpc) is 2.88. The van der Waals surface area contributed by atoms with Crippen molar-refractivity contribution in [2.45, 2.75) is 11.5 Å². The fourth-order valence-electron chi connectivity index (χ4n) is 2.10. The van der Waals surface area contributed by atoms with Crippen LogP contribution in [-0.2, 0) is 22.3 Å². The number of hydrogen-bond acceptors (Lipinski definition) is 3. The van der Waals surface area contributed by atoms with Gasteiger partial charge in [-0.05, 0) is 23.3 Å². The van der Waals surface area contributed by atoms with Gasteiger partial charge in [-0.2, -0.15) is 0 Å². The zero-order chi connectivity index (χ0) is 13.9. The van der Waals surface area contributed by atoms with Gasteiger partial charge in [-0.1, -0.05) is 41.9 Å². The van der Waals surface area contributed by atoms with E-state index in [1.165, 1.54) is 0 Å². The summed E-state index contributed by atoms with van der Waals surface area (Å²) in [6, 6.07) is 13.4. The maximum absolute atomic E-state index is 12.2. The smallest absolute Gasteiger partial charge is 0.231 e. The Morgan fingerprint density at radius 3 is 2.60 bits per heavy atom. The SMILES string of the molecule is O=S(Cc1ccccc1)Cc1cc(Cl)c2c(c1)OCO2. The molecular formula is C15H13ClO3S. The van der Waals surface area contributed by atoms with Crippen molar-refractivity contribution in [3.63, 3.8) is 0 Å². The quantitative estimate of drug-likeness (QED) is 0.867. The summed E-state index contributed by atoms with van der Waals surface area (Å²) in [7, 11) is -0.982. The van der Waals surface area contributed by atoms with Gasteiger partial charge in [0, 0.05) is 22.3 Å². The van der Waals surface area contributed by atoms with Crippen LogP contribution in [-0.4, -0.2) is 11.0 Å². The van der Waals surface area contributed by atoms with E-state index in [1.54, 1.807) is 6.07 Å². The molecule has 2 aromatic carbocycles. The first kappa shape index (κ1) is 13.5. The Bertz CT molecular complexity index is 643. The molecule has 2 aromatic rings. The van der Waals surface area contributed by atoms with Crippen LogP contribution in [0, 0.1) is 0 Å². The second-order valence-electron chi connectivity index (χ2n) is 4.53. The second-order valence-corrected chi connectivity index (χ2v) is 6.39. The molecule has 5 heteroatoms. The Morgan fingerprint density at radius 1 is 1.05 bits per heavy atom. The lowest BCUT2D eigenvalue weighted by atomic mass is 10.2. The summed E-state index contributed by atoms with van der Waals surface area (Å²) in [5.74, 6) is 2.19. The lowest BCUT2D eigenvalue weighted by Gasteiger charge is -2.06. The molecular weight excluding hydrogens is 296 g/mol. The van der Waals surface area contributed by atoms with E-state index in [2.05, 4.69) is 0 Å². The number of rotatable bonds is 4. The molecule has 0 amide bonds. The highest BCUT2D eigenvalue weighted by molar-refractivity contribution is 7.83. The fourth-order valence-corrected chi connectivity index (χ4v) is 3.59. The molecule has 1 aliphatic heterocycles. The topological polar surface area (TPSA) is 35.5 Å². The summed E-state index contributed by atoms with van der Waals surface area (Å²) in [5, 5.41) is 0.506. The van der Waals surface area contributed by atoms with Crippen molar-refractivity contribution < 1.29 is 13.7 Å². The second kappa shape index (κ2) is 5.85. The third kappa shape index (κ3) is 2.97. The molecule has 0 aromatic heterocycles. The molecule has 0 bridgehead atoms. The summed E-state index contributed by atoms with van der Waals surface area (Å²) >= 11 is 6.11. The van der Waals surface area contributed by atoms with E-state index >= 15 is 0 Å². The predicted molar refractivity (Wildman–Crippen MR) is 79.6 cm³/mol. The van der Waals surface area contributed by atoms with Crippen LogP contribution in [0.5, 0.6) is 11.5 Å². The average molecular weight is 309 g/mol. The first-order valence-electron chi connectivity index (χ1n) is 6.19. The van der Waals surface area contributed by atoms with E-state index in [4.69, 9.17) is 21.1 Å². The van der Waals surface area contributed by atoms with Gasteiger partial charge in [0.05, 0.1) is 5.02 Å². The zero-order valence-electron chi connectivity index (χ0n) is 10.7. The van der Waals surface area contributed by atoms with Gasteiger partial charge in [-0.15, -0.1) is 0 Å². The molecule has 1 heterocycles. The molecule has 20 heavy (non-hydrogen) atoms. The zero-order valence-corrected chi connectivity index (χ0v) is 12.2. The lowest BCUT2D eigenvalue weighted by Crippen LogP contribution is -1.99. The van der Waals surface area contributed by atoms with Gasteiger partial charge in [0.2, 0.25) is 6.79 Å². The molecule has 0 saturated carbocycles. The highest BCUT2D eigenvalue weighted by Crippen LogP contribution is 2.40. The van der Waals surface area contributed by atoms with Crippen molar-refractivity contribution in [2.75, 3.05) is 6.79 Å². The van der Waals surface area contributed by atoms with Crippen LogP contribution >= 0.6 is 11.6 Å². The standard InChI is InChI=1S/C15H13ClO3S/c16-13-6-12(7-14-15(13)19-10-18-14)9-20(17)8-11-4-2-1-3-5-11/h1-7H,8-10H2. The van der Waals surface area contributed by atoms with Crippen molar-refractivity contribution >= 4 is 22.4 Å². The minimum atomic E-state index is -0.982. The number of halogens is 1. The Hall–Kier alpha value is -1.52. The van der Waals surface area contributed by atoms with Crippen molar-refractivity contribution in [2.24, 2.45) is 0 Å². The predicted octanol–water partition coefficient (Wildman–Crippen LogP) is 3.52. The van der Waals surface area contributed by atoms with E-state index in [1.807, 2.05) is 36.4 Å². The first-order chi connectivity index (χ1) is 9.72. The maximum Gasteiger partial charge on any atom is 0.231 e. The molecule has 1 atom stereocenters. The van der Waals surface area contributed by atoms with Crippen LogP contribution in [0.4, 0.5) is 0 Å². The van der Waals surface area contributed by atoms with Crippen molar-refractivity contribution in [1.82, 2.24) is 0 Å². The van der Waals surface area contributed by atoms with Gasteiger partial charge >= 0.3 is 0 Å². The summed E-state index contributed by atoms with van der Waals surface area (Å²) in [5.41, 5.74) is 1.96. The maximum atomic E-state index is 12.2. The Balaban J connectivity index is 1.72. The van der Waals surface area contributed by atoms with Crippen molar-refractivity contribution in [3.05, 3.63) is 58.6 Å². The summed E-state index contributed by atoms with van der Waals surface area (Å²) in [6.45, 7) is 0.186. The molecule has 0 spiro atoms. The molecule has 0 radical (unpaired) electrons. The van der Waals surface area contributed by atoms with Crippen LogP contribution in [0.15, 0.2) is 42.5 Å². The van der Waals surface area contributed by atoms with E-state index in [9.17, 15) is 4.21 Å². The van der Waals surface area contributed by atoms with E-state index < -0.39 is 10.8 Å². The third-order valence-corrected chi connectivity index (χ3v) is 4.58. The Morgan fingerprint density at radius 2 is 1.80 bits per heavy atom. The van der Waals surface area contributed by atoms with Gasteiger partial charge < -0.3 is 9.47 Å². The molecule has 0 N–H and O–H groups in total. The van der Waals surface area contributed by atoms with Gasteiger partial charge in [0.15, 0.2) is 11.5 Å². The fraction of sp³-hybridized carbons (Fsp3) is 0.200. The molecule has 1 unspecified atom stereocenters. The van der Waals surface area contributed by atoms with Gasteiger partial charge in [-0.25, -0.2) is 0 Å². The lowest BCUT2D eigenvalue weighted by molar-refractivity contribution is 0.174. The van der Waals surface area contributed by atoms with Crippen LogP contribution in [0.2, 0.25) is 5.02 Å². The molecule has 3 nitrogen and oxygen atoms in total. The minimum Gasteiger partial charge on any atom is -0.454 e. The van der Waals surface area contributed by atoms with Crippen LogP contribution in [0.25, 0.3) is 0 Å². The largest absolute Gasteiger partial charge is 0.454 e. The Labute approximate surface area is 124 Å². The van der Waals surface area contributed by atoms with Crippen LogP contribution in [0.3, 0.4) is 0 Å². The monoisotopic (exact) mass is 308 g/mol. The first-order valence-corrected chi connectivity index (χ1v) is 8.06. The van der Waals surface area contributed by atoms with Crippen molar-refractivity contribution in [1.29, 1.82) is 0 Å². The van der Waals surface area contributed by atoms with E-state index in [0.29, 0.717) is 28.0 Å². The molecule has 1 aliphatic rings. The summed E-state index contributed by atoms with van der Waals surface area (Å²) in [4.78, 5) is 0. The van der Waals surface area contributed by atoms with E-state index in [-0.39, 0.29) is 6.79 Å². The van der Waals surface area contributed by atoms with Gasteiger partial charge in [0.25, 0.3) is 0 Å². The van der Waals surface area contributed by atoms with E-state index in [0.717, 1.165) is 11.1 Å². The van der Waals surface area contributed by atoms with Crippen molar-refractivity contribution in [3.8, 4) is 11.5 Å².